The second kappa shape index (κ2) is 3.69. The molecule has 2 aliphatic rings. The van der Waals surface area contributed by atoms with Crippen LogP contribution in [0.4, 0.5) is 0 Å². The van der Waals surface area contributed by atoms with Gasteiger partial charge >= 0.3 is 10.4 Å². The normalized spacial score (nSPS) is 40.3. The van der Waals surface area contributed by atoms with Gasteiger partial charge in [0.05, 0.1) is 0 Å². The molecule has 2 rings (SSSR count). The number of hydrogen-bond acceptors (Lipinski definition) is 5. The molecule has 2 aliphatic heterocycles. The fraction of sp³-hybridized carbons (Fsp3) is 1.00. The van der Waals surface area contributed by atoms with Gasteiger partial charge in [0.15, 0.2) is 5.72 Å². The Labute approximate surface area is 90.7 Å². The fourth-order valence-corrected chi connectivity index (χ4v) is 3.60. The minimum atomic E-state index is -3.78. The molecule has 2 fully saturated rings. The van der Waals surface area contributed by atoms with Crippen molar-refractivity contribution in [1.29, 1.82) is 0 Å². The van der Waals surface area contributed by atoms with Gasteiger partial charge in [0.25, 0.3) is 0 Å². The van der Waals surface area contributed by atoms with Gasteiger partial charge in [-0.05, 0) is 26.2 Å². The molecule has 2 atom stereocenters. The van der Waals surface area contributed by atoms with E-state index in [4.69, 9.17) is 8.37 Å². The van der Waals surface area contributed by atoms with Gasteiger partial charge < -0.3 is 0 Å². The zero-order valence-corrected chi connectivity index (χ0v) is 9.92. The summed E-state index contributed by atoms with van der Waals surface area (Å²) in [5, 5.41) is 0. The fourth-order valence-electron chi connectivity index (χ4n) is 2.38. The van der Waals surface area contributed by atoms with Crippen LogP contribution in [0.2, 0.25) is 0 Å². The average Bonchev–Trinajstić information content (AvgIpc) is 2.36. The van der Waals surface area contributed by atoms with Gasteiger partial charge in [-0.25, -0.2) is 8.37 Å². The predicted molar refractivity (Wildman–Crippen MR) is 54.4 cm³/mol. The highest BCUT2D eigenvalue weighted by Crippen LogP contribution is 2.39. The van der Waals surface area contributed by atoms with E-state index >= 15 is 0 Å². The quantitative estimate of drug-likeness (QED) is 0.711. The number of likely N-dealkylation sites (tertiary alicyclic amines) is 1. The highest BCUT2D eigenvalue weighted by Gasteiger charge is 2.54. The van der Waals surface area contributed by atoms with Gasteiger partial charge in [0, 0.05) is 13.1 Å². The average molecular weight is 235 g/mol. The molecule has 0 aromatic carbocycles. The maximum atomic E-state index is 11.3. The van der Waals surface area contributed by atoms with E-state index in [0.717, 1.165) is 32.4 Å². The molecule has 0 N–H and O–H groups in total. The molecule has 0 saturated carbocycles. The molecule has 0 aliphatic carbocycles. The number of piperidine rings is 1. The van der Waals surface area contributed by atoms with E-state index in [-0.39, 0.29) is 6.10 Å². The number of nitrogens with zero attached hydrogens (tertiary/aromatic N) is 1. The molecular weight excluding hydrogens is 218 g/mol. The Bertz CT molecular complexity index is 340. The lowest BCUT2D eigenvalue weighted by Crippen LogP contribution is -2.56. The van der Waals surface area contributed by atoms with Gasteiger partial charge in [-0.2, -0.15) is 8.42 Å². The third-order valence-electron chi connectivity index (χ3n) is 3.12. The molecule has 0 aromatic rings. The van der Waals surface area contributed by atoms with E-state index in [2.05, 4.69) is 11.8 Å². The van der Waals surface area contributed by atoms with Crippen LogP contribution in [0, 0.1) is 0 Å². The molecule has 0 bridgehead atoms. The van der Waals surface area contributed by atoms with Gasteiger partial charge in [-0.15, -0.1) is 0 Å². The van der Waals surface area contributed by atoms with E-state index in [1.807, 2.05) is 0 Å². The van der Waals surface area contributed by atoms with Gasteiger partial charge in [-0.1, -0.05) is 6.92 Å². The Balaban J connectivity index is 2.24. The topological polar surface area (TPSA) is 55.8 Å². The molecular formula is C9H17NO4S. The lowest BCUT2D eigenvalue weighted by atomic mass is 9.96. The Morgan fingerprint density at radius 3 is 2.93 bits per heavy atom. The van der Waals surface area contributed by atoms with E-state index in [0.29, 0.717) is 0 Å². The van der Waals surface area contributed by atoms with Crippen LogP contribution in [0.5, 0.6) is 0 Å². The third-order valence-corrected chi connectivity index (χ3v) is 4.13. The van der Waals surface area contributed by atoms with E-state index in [1.165, 1.54) is 0 Å². The second-order valence-electron chi connectivity index (χ2n) is 4.26. The first kappa shape index (κ1) is 11.3. The maximum Gasteiger partial charge on any atom is 0.402 e. The number of fused-ring (bicyclic) bond motifs is 1. The molecule has 2 heterocycles. The SMILES string of the molecule is CCCN1CCCC2OS(=O)(=O)OC21C. The first-order valence-corrected chi connectivity index (χ1v) is 6.70. The van der Waals surface area contributed by atoms with Crippen LogP contribution in [0.1, 0.15) is 33.1 Å². The summed E-state index contributed by atoms with van der Waals surface area (Å²) < 4.78 is 32.6. The van der Waals surface area contributed by atoms with Crippen molar-refractivity contribution in [3.05, 3.63) is 0 Å². The van der Waals surface area contributed by atoms with Crippen LogP contribution in [0.15, 0.2) is 0 Å². The maximum absolute atomic E-state index is 11.3. The Hall–Kier alpha value is -0.170. The van der Waals surface area contributed by atoms with Gasteiger partial charge in [0.2, 0.25) is 0 Å². The summed E-state index contributed by atoms with van der Waals surface area (Å²) in [5.74, 6) is 0. The number of hydrogen-bond donors (Lipinski definition) is 0. The molecule has 2 saturated heterocycles. The van der Waals surface area contributed by atoms with Crippen molar-refractivity contribution in [2.45, 2.75) is 44.9 Å². The van der Waals surface area contributed by atoms with Gasteiger partial charge in [0.1, 0.15) is 6.10 Å². The molecule has 5 nitrogen and oxygen atoms in total. The molecule has 6 heteroatoms. The highest BCUT2D eigenvalue weighted by atomic mass is 32.3. The number of rotatable bonds is 2. The largest absolute Gasteiger partial charge is 0.402 e. The second-order valence-corrected chi connectivity index (χ2v) is 5.44. The zero-order valence-electron chi connectivity index (χ0n) is 9.10. The summed E-state index contributed by atoms with van der Waals surface area (Å²) >= 11 is 0. The minimum absolute atomic E-state index is 0.345. The predicted octanol–water partition coefficient (Wildman–Crippen LogP) is 0.869. The van der Waals surface area contributed by atoms with Crippen LogP contribution in [0.25, 0.3) is 0 Å². The third kappa shape index (κ3) is 1.91. The molecule has 15 heavy (non-hydrogen) atoms. The lowest BCUT2D eigenvalue weighted by Gasteiger charge is -2.42. The van der Waals surface area contributed by atoms with E-state index in [1.54, 1.807) is 6.92 Å². The Morgan fingerprint density at radius 2 is 2.27 bits per heavy atom. The van der Waals surface area contributed by atoms with Crippen LogP contribution < -0.4 is 0 Å². The highest BCUT2D eigenvalue weighted by molar-refractivity contribution is 7.82. The van der Waals surface area contributed by atoms with Crippen molar-refractivity contribution in [1.82, 2.24) is 4.90 Å². The molecule has 88 valence electrons. The van der Waals surface area contributed by atoms with Gasteiger partial charge in [-0.3, -0.25) is 4.90 Å². The summed E-state index contributed by atoms with van der Waals surface area (Å²) in [5.41, 5.74) is -0.785. The monoisotopic (exact) mass is 235 g/mol. The Morgan fingerprint density at radius 1 is 1.53 bits per heavy atom. The van der Waals surface area contributed by atoms with Crippen molar-refractivity contribution in [2.24, 2.45) is 0 Å². The standard InChI is InChI=1S/C9H17NO4S/c1-3-6-10-7-4-5-8-9(10,2)14-15(11,12)13-8/h8H,3-7H2,1-2H3. The molecule has 0 amide bonds. The minimum Gasteiger partial charge on any atom is -0.273 e. The smallest absolute Gasteiger partial charge is 0.273 e. The van der Waals surface area contributed by atoms with E-state index in [9.17, 15) is 8.42 Å². The summed E-state index contributed by atoms with van der Waals surface area (Å²) in [6.45, 7) is 5.58. The van der Waals surface area contributed by atoms with Crippen molar-refractivity contribution in [3.63, 3.8) is 0 Å². The van der Waals surface area contributed by atoms with E-state index < -0.39 is 16.1 Å². The van der Waals surface area contributed by atoms with Crippen LogP contribution in [-0.4, -0.2) is 38.2 Å². The molecule has 2 unspecified atom stereocenters. The van der Waals surface area contributed by atoms with Crippen LogP contribution >= 0.6 is 0 Å². The van der Waals surface area contributed by atoms with Crippen LogP contribution in [0.3, 0.4) is 0 Å². The lowest BCUT2D eigenvalue weighted by molar-refractivity contribution is -0.114. The van der Waals surface area contributed by atoms with Crippen molar-refractivity contribution < 1.29 is 16.8 Å². The zero-order chi connectivity index (χ0) is 11.1. The van der Waals surface area contributed by atoms with Crippen molar-refractivity contribution >= 4 is 10.4 Å². The summed E-state index contributed by atoms with van der Waals surface area (Å²) in [4.78, 5) is 2.06. The summed E-state index contributed by atoms with van der Waals surface area (Å²) in [6.07, 6.45) is 2.34. The molecule has 0 spiro atoms. The van der Waals surface area contributed by atoms with Crippen LogP contribution in [-0.2, 0) is 18.8 Å². The van der Waals surface area contributed by atoms with Crippen molar-refractivity contribution in [2.75, 3.05) is 13.1 Å². The Kier molecular flexibility index (Phi) is 2.79. The first-order valence-electron chi connectivity index (χ1n) is 5.37. The summed E-state index contributed by atoms with van der Waals surface area (Å²) in [6, 6.07) is 0. The summed E-state index contributed by atoms with van der Waals surface area (Å²) in [7, 11) is -3.78. The first-order chi connectivity index (χ1) is 6.98. The molecule has 0 aromatic heterocycles. The molecule has 0 radical (unpaired) electrons. The van der Waals surface area contributed by atoms with Crippen molar-refractivity contribution in [3.8, 4) is 0 Å².